The molecule has 0 N–H and O–H groups in total. The second-order valence-electron chi connectivity index (χ2n) is 3.48. The van der Waals surface area contributed by atoms with Crippen LogP contribution in [0.5, 0.6) is 0 Å². The van der Waals surface area contributed by atoms with E-state index in [4.69, 9.17) is 0 Å². The van der Waals surface area contributed by atoms with E-state index in [-0.39, 0.29) is 5.82 Å². The molecule has 0 radical (unpaired) electrons. The summed E-state index contributed by atoms with van der Waals surface area (Å²) in [7, 11) is 0. The summed E-state index contributed by atoms with van der Waals surface area (Å²) < 4.78 is 12.7. The van der Waals surface area contributed by atoms with Crippen molar-refractivity contribution in [3.63, 3.8) is 0 Å². The van der Waals surface area contributed by atoms with Gasteiger partial charge in [0.1, 0.15) is 5.82 Å². The van der Waals surface area contributed by atoms with Crippen LogP contribution in [-0.4, -0.2) is 0 Å². The van der Waals surface area contributed by atoms with Crippen molar-refractivity contribution in [3.05, 3.63) is 65.5 Å². The maximum atomic E-state index is 12.7. The number of hydrogen-bond donors (Lipinski definition) is 1. The van der Waals surface area contributed by atoms with Crippen LogP contribution in [0.25, 0.3) is 12.2 Å². The molecule has 0 aliphatic carbocycles. The van der Waals surface area contributed by atoms with E-state index in [2.05, 4.69) is 12.6 Å². The predicted molar refractivity (Wildman–Crippen MR) is 69.0 cm³/mol. The Morgan fingerprint density at radius 2 is 1.19 bits per heavy atom. The average molecular weight is 230 g/mol. The first-order chi connectivity index (χ1) is 7.74. The van der Waals surface area contributed by atoms with Crippen molar-refractivity contribution in [2.75, 3.05) is 0 Å². The fourth-order valence-corrected chi connectivity index (χ4v) is 1.50. The summed E-state index contributed by atoms with van der Waals surface area (Å²) in [6, 6.07) is 14.3. The van der Waals surface area contributed by atoms with Crippen molar-refractivity contribution in [2.24, 2.45) is 0 Å². The smallest absolute Gasteiger partial charge is 0.123 e. The van der Waals surface area contributed by atoms with E-state index in [9.17, 15) is 4.39 Å². The fraction of sp³-hybridized carbons (Fsp3) is 0. The van der Waals surface area contributed by atoms with Crippen molar-refractivity contribution in [2.45, 2.75) is 4.90 Å². The van der Waals surface area contributed by atoms with Gasteiger partial charge in [-0.25, -0.2) is 4.39 Å². The highest BCUT2D eigenvalue weighted by atomic mass is 32.1. The van der Waals surface area contributed by atoms with Gasteiger partial charge in [-0.15, -0.1) is 12.6 Å². The summed E-state index contributed by atoms with van der Waals surface area (Å²) in [5.41, 5.74) is 2.08. The molecule has 2 aromatic carbocycles. The van der Waals surface area contributed by atoms with Crippen LogP contribution in [0.4, 0.5) is 4.39 Å². The molecule has 2 rings (SSSR count). The Bertz CT molecular complexity index is 436. The summed E-state index contributed by atoms with van der Waals surface area (Å²) in [4.78, 5) is 0.943. The minimum Gasteiger partial charge on any atom is -0.207 e. The molecule has 0 saturated carbocycles. The first-order valence-electron chi connectivity index (χ1n) is 4.97. The zero-order chi connectivity index (χ0) is 11.4. The molecule has 0 atom stereocenters. The lowest BCUT2D eigenvalue weighted by molar-refractivity contribution is 0.628. The van der Waals surface area contributed by atoms with Crippen LogP contribution in [0.15, 0.2) is 53.4 Å². The molecule has 2 heteroatoms. The quantitative estimate of drug-likeness (QED) is 0.577. The van der Waals surface area contributed by atoms with Crippen molar-refractivity contribution >= 4 is 24.8 Å². The molecule has 0 amide bonds. The molecule has 2 aromatic rings. The molecule has 16 heavy (non-hydrogen) atoms. The standard InChI is InChI=1S/C14H11FS/c15-13-7-3-11(4-8-13)1-2-12-5-9-14(16)10-6-12/h1-10,16H/b2-1+. The predicted octanol–water partition coefficient (Wildman–Crippen LogP) is 4.28. The molecular weight excluding hydrogens is 219 g/mol. The maximum absolute atomic E-state index is 12.7. The molecule has 0 aliphatic rings. The van der Waals surface area contributed by atoms with Gasteiger partial charge in [-0.05, 0) is 35.4 Å². The van der Waals surface area contributed by atoms with E-state index in [0.717, 1.165) is 16.0 Å². The molecule has 0 fully saturated rings. The third-order valence-corrected chi connectivity index (χ3v) is 2.53. The lowest BCUT2D eigenvalue weighted by atomic mass is 10.1. The van der Waals surface area contributed by atoms with Crippen LogP contribution < -0.4 is 0 Å². The van der Waals surface area contributed by atoms with Gasteiger partial charge in [-0.3, -0.25) is 0 Å². The molecular formula is C14H11FS. The first-order valence-corrected chi connectivity index (χ1v) is 5.41. The van der Waals surface area contributed by atoms with Gasteiger partial charge < -0.3 is 0 Å². The van der Waals surface area contributed by atoms with Crippen LogP contribution in [0, 0.1) is 5.82 Å². The summed E-state index contributed by atoms with van der Waals surface area (Å²) in [6.07, 6.45) is 3.94. The Morgan fingerprint density at radius 3 is 1.69 bits per heavy atom. The highest BCUT2D eigenvalue weighted by Crippen LogP contribution is 2.11. The van der Waals surface area contributed by atoms with E-state index < -0.39 is 0 Å². The SMILES string of the molecule is Fc1ccc(/C=C/c2ccc(S)cc2)cc1. The Labute approximate surface area is 99.8 Å². The van der Waals surface area contributed by atoms with Gasteiger partial charge in [0.05, 0.1) is 0 Å². The lowest BCUT2D eigenvalue weighted by Gasteiger charge is -1.95. The van der Waals surface area contributed by atoms with E-state index in [1.54, 1.807) is 12.1 Å². The lowest BCUT2D eigenvalue weighted by Crippen LogP contribution is -1.75. The van der Waals surface area contributed by atoms with E-state index in [0.29, 0.717) is 0 Å². The third kappa shape index (κ3) is 2.97. The van der Waals surface area contributed by atoms with Crippen LogP contribution in [0.1, 0.15) is 11.1 Å². The summed E-state index contributed by atoms with van der Waals surface area (Å²) in [6.45, 7) is 0. The zero-order valence-corrected chi connectivity index (χ0v) is 9.49. The first kappa shape index (κ1) is 11.0. The number of benzene rings is 2. The van der Waals surface area contributed by atoms with Gasteiger partial charge in [-0.2, -0.15) is 0 Å². The Balaban J connectivity index is 2.15. The highest BCUT2D eigenvalue weighted by molar-refractivity contribution is 7.80. The van der Waals surface area contributed by atoms with Gasteiger partial charge in [0.15, 0.2) is 0 Å². The normalized spacial score (nSPS) is 10.9. The molecule has 0 aromatic heterocycles. The summed E-state index contributed by atoms with van der Waals surface area (Å²) in [5, 5.41) is 0. The van der Waals surface area contributed by atoms with Crippen molar-refractivity contribution in [1.29, 1.82) is 0 Å². The van der Waals surface area contributed by atoms with Gasteiger partial charge in [0.2, 0.25) is 0 Å². The second kappa shape index (κ2) is 4.99. The van der Waals surface area contributed by atoms with Gasteiger partial charge >= 0.3 is 0 Å². The van der Waals surface area contributed by atoms with E-state index in [1.807, 2.05) is 36.4 Å². The van der Waals surface area contributed by atoms with Crippen LogP contribution in [-0.2, 0) is 0 Å². The van der Waals surface area contributed by atoms with Crippen molar-refractivity contribution < 1.29 is 4.39 Å². The van der Waals surface area contributed by atoms with Crippen LogP contribution in [0.2, 0.25) is 0 Å². The largest absolute Gasteiger partial charge is 0.207 e. The Kier molecular flexibility index (Phi) is 3.42. The third-order valence-electron chi connectivity index (χ3n) is 2.23. The van der Waals surface area contributed by atoms with Crippen LogP contribution in [0.3, 0.4) is 0 Å². The Hall–Kier alpha value is -1.54. The molecule has 0 spiro atoms. The molecule has 0 nitrogen and oxygen atoms in total. The van der Waals surface area contributed by atoms with Gasteiger partial charge in [0.25, 0.3) is 0 Å². The van der Waals surface area contributed by atoms with Crippen LogP contribution >= 0.6 is 12.6 Å². The maximum Gasteiger partial charge on any atom is 0.123 e. The van der Waals surface area contributed by atoms with E-state index >= 15 is 0 Å². The fourth-order valence-electron chi connectivity index (χ4n) is 1.35. The van der Waals surface area contributed by atoms with Crippen molar-refractivity contribution in [3.8, 4) is 0 Å². The minimum absolute atomic E-state index is 0.212. The molecule has 0 saturated heterocycles. The molecule has 0 aliphatic heterocycles. The number of halogens is 1. The number of rotatable bonds is 2. The minimum atomic E-state index is -0.212. The molecule has 80 valence electrons. The average Bonchev–Trinajstić information content (AvgIpc) is 2.30. The molecule has 0 bridgehead atoms. The monoisotopic (exact) mass is 230 g/mol. The number of thiol groups is 1. The molecule has 0 unspecified atom stereocenters. The van der Waals surface area contributed by atoms with E-state index in [1.165, 1.54) is 12.1 Å². The van der Waals surface area contributed by atoms with Gasteiger partial charge in [0, 0.05) is 4.90 Å². The van der Waals surface area contributed by atoms with Crippen molar-refractivity contribution in [1.82, 2.24) is 0 Å². The second-order valence-corrected chi connectivity index (χ2v) is 3.99. The number of hydrogen-bond acceptors (Lipinski definition) is 1. The molecule has 0 heterocycles. The zero-order valence-electron chi connectivity index (χ0n) is 8.60. The summed E-state index contributed by atoms with van der Waals surface area (Å²) >= 11 is 4.22. The highest BCUT2D eigenvalue weighted by Gasteiger charge is 1.90. The Morgan fingerprint density at radius 1 is 0.750 bits per heavy atom. The topological polar surface area (TPSA) is 0 Å². The van der Waals surface area contributed by atoms with Gasteiger partial charge in [-0.1, -0.05) is 36.4 Å². The summed E-state index contributed by atoms with van der Waals surface area (Å²) in [5.74, 6) is -0.212.